The Bertz CT molecular complexity index is 421. The first-order chi connectivity index (χ1) is 8.13. The molecule has 0 saturated carbocycles. The van der Waals surface area contributed by atoms with Crippen molar-refractivity contribution in [3.05, 3.63) is 18.0 Å². The monoisotopic (exact) mass is 250 g/mol. The number of hydrogen-bond donors (Lipinski definition) is 1. The van der Waals surface area contributed by atoms with Crippen LogP contribution < -0.4 is 10.6 Å². The van der Waals surface area contributed by atoms with Crippen LogP contribution in [0.15, 0.2) is 12.3 Å². The lowest BCUT2D eigenvalue weighted by atomic mass is 10.2. The molecule has 4 nitrogen and oxygen atoms in total. The van der Waals surface area contributed by atoms with Crippen molar-refractivity contribution in [1.29, 1.82) is 0 Å². The summed E-state index contributed by atoms with van der Waals surface area (Å²) in [5, 5.41) is 0. The molecule has 17 heavy (non-hydrogen) atoms. The third-order valence-corrected chi connectivity index (χ3v) is 3.59. The molecule has 2 N–H and O–H groups in total. The van der Waals surface area contributed by atoms with E-state index in [0.29, 0.717) is 22.8 Å². The maximum Gasteiger partial charge on any atom is 0.226 e. The van der Waals surface area contributed by atoms with E-state index in [2.05, 4.69) is 28.7 Å². The van der Waals surface area contributed by atoms with Gasteiger partial charge in [0, 0.05) is 18.3 Å². The molecule has 1 saturated heterocycles. The highest BCUT2D eigenvalue weighted by Crippen LogP contribution is 2.29. The summed E-state index contributed by atoms with van der Waals surface area (Å²) in [6, 6.07) is 2.78. The molecular weight excluding hydrogens is 232 g/mol. The molecule has 1 aromatic rings. The van der Waals surface area contributed by atoms with Crippen molar-refractivity contribution in [2.45, 2.75) is 45.2 Å². The predicted molar refractivity (Wildman–Crippen MR) is 73.2 cm³/mol. The van der Waals surface area contributed by atoms with E-state index in [1.54, 1.807) is 12.3 Å². The van der Waals surface area contributed by atoms with E-state index in [-0.39, 0.29) is 0 Å². The van der Waals surface area contributed by atoms with Crippen molar-refractivity contribution < 1.29 is 0 Å². The Morgan fingerprint density at radius 3 is 3.00 bits per heavy atom. The molecule has 2 heterocycles. The smallest absolute Gasteiger partial charge is 0.226 e. The molecule has 0 amide bonds. The number of nitrogens with zero attached hydrogens (tertiary/aromatic N) is 3. The van der Waals surface area contributed by atoms with Gasteiger partial charge in [-0.1, -0.05) is 19.1 Å². The molecule has 92 valence electrons. The Kier molecular flexibility index (Phi) is 3.57. The number of hydrogen-bond acceptors (Lipinski definition) is 4. The van der Waals surface area contributed by atoms with Crippen LogP contribution in [-0.2, 0) is 0 Å². The quantitative estimate of drug-likeness (QED) is 0.830. The van der Waals surface area contributed by atoms with Gasteiger partial charge in [0.15, 0.2) is 0 Å². The van der Waals surface area contributed by atoms with Crippen molar-refractivity contribution in [1.82, 2.24) is 9.97 Å². The van der Waals surface area contributed by atoms with Gasteiger partial charge in [-0.25, -0.2) is 9.97 Å². The second-order valence-corrected chi connectivity index (χ2v) is 4.94. The molecule has 0 bridgehead atoms. The van der Waals surface area contributed by atoms with E-state index in [1.165, 1.54) is 12.8 Å². The third-order valence-electron chi connectivity index (χ3n) is 3.38. The number of aromatic nitrogens is 2. The summed E-state index contributed by atoms with van der Waals surface area (Å²) in [5.74, 6) is 0.757. The highest BCUT2D eigenvalue weighted by atomic mass is 32.1. The van der Waals surface area contributed by atoms with Gasteiger partial charge in [0.25, 0.3) is 0 Å². The van der Waals surface area contributed by atoms with Crippen LogP contribution in [-0.4, -0.2) is 27.0 Å². The van der Waals surface area contributed by atoms with Gasteiger partial charge >= 0.3 is 0 Å². The fourth-order valence-electron chi connectivity index (χ4n) is 2.44. The highest BCUT2D eigenvalue weighted by molar-refractivity contribution is 7.80. The summed E-state index contributed by atoms with van der Waals surface area (Å²) in [7, 11) is 0. The van der Waals surface area contributed by atoms with Gasteiger partial charge in [-0.15, -0.1) is 0 Å². The standard InChI is InChI=1S/C12H18N4S/c1-3-9-5-4-8(2)16(9)12-14-7-6-10(15-12)11(13)17/h6-9H,3-5H2,1-2H3,(H2,13,17). The summed E-state index contributed by atoms with van der Waals surface area (Å²) < 4.78 is 0. The van der Waals surface area contributed by atoms with Crippen molar-refractivity contribution in [2.75, 3.05) is 4.90 Å². The van der Waals surface area contributed by atoms with Crippen LogP contribution in [0.25, 0.3) is 0 Å². The van der Waals surface area contributed by atoms with Gasteiger partial charge in [-0.05, 0) is 32.3 Å². The van der Waals surface area contributed by atoms with E-state index in [0.717, 1.165) is 12.4 Å². The Balaban J connectivity index is 2.32. The first-order valence-corrected chi connectivity index (χ1v) is 6.45. The van der Waals surface area contributed by atoms with Crippen LogP contribution in [0.2, 0.25) is 0 Å². The molecule has 2 atom stereocenters. The molecule has 1 aliphatic heterocycles. The lowest BCUT2D eigenvalue weighted by Gasteiger charge is -2.28. The molecule has 2 rings (SSSR count). The highest BCUT2D eigenvalue weighted by Gasteiger charge is 2.31. The number of thiocarbonyl (C=S) groups is 1. The van der Waals surface area contributed by atoms with Crippen LogP contribution in [0.5, 0.6) is 0 Å². The molecule has 0 radical (unpaired) electrons. The van der Waals surface area contributed by atoms with Gasteiger partial charge < -0.3 is 10.6 Å². The molecule has 2 unspecified atom stereocenters. The summed E-state index contributed by atoms with van der Waals surface area (Å²) in [4.78, 5) is 11.4. The van der Waals surface area contributed by atoms with E-state index in [1.807, 2.05) is 0 Å². The van der Waals surface area contributed by atoms with Crippen molar-refractivity contribution in [2.24, 2.45) is 5.73 Å². The Morgan fingerprint density at radius 1 is 1.59 bits per heavy atom. The minimum absolute atomic E-state index is 0.327. The van der Waals surface area contributed by atoms with E-state index in [9.17, 15) is 0 Å². The molecule has 5 heteroatoms. The Morgan fingerprint density at radius 2 is 2.35 bits per heavy atom. The molecular formula is C12H18N4S. The zero-order valence-corrected chi connectivity index (χ0v) is 11.1. The third kappa shape index (κ3) is 2.39. The summed E-state index contributed by atoms with van der Waals surface area (Å²) in [5.41, 5.74) is 6.26. The van der Waals surface area contributed by atoms with Crippen molar-refractivity contribution in [3.63, 3.8) is 0 Å². The number of anilines is 1. The molecule has 1 aliphatic rings. The topological polar surface area (TPSA) is 55.0 Å². The van der Waals surface area contributed by atoms with E-state index < -0.39 is 0 Å². The average Bonchev–Trinajstić information content (AvgIpc) is 2.70. The Hall–Kier alpha value is -1.23. The lowest BCUT2D eigenvalue weighted by molar-refractivity contribution is 0.612. The van der Waals surface area contributed by atoms with Gasteiger partial charge in [-0.2, -0.15) is 0 Å². The maximum absolute atomic E-state index is 5.61. The van der Waals surface area contributed by atoms with Crippen LogP contribution in [0.3, 0.4) is 0 Å². The molecule has 1 fully saturated rings. The fraction of sp³-hybridized carbons (Fsp3) is 0.583. The average molecular weight is 250 g/mol. The second kappa shape index (κ2) is 4.96. The zero-order valence-electron chi connectivity index (χ0n) is 10.3. The minimum Gasteiger partial charge on any atom is -0.388 e. The van der Waals surface area contributed by atoms with E-state index in [4.69, 9.17) is 18.0 Å². The zero-order chi connectivity index (χ0) is 12.4. The first-order valence-electron chi connectivity index (χ1n) is 6.04. The van der Waals surface area contributed by atoms with Gasteiger partial charge in [0.05, 0.1) is 0 Å². The molecule has 0 aliphatic carbocycles. The largest absolute Gasteiger partial charge is 0.388 e. The summed E-state index contributed by atoms with van der Waals surface area (Å²) in [6.45, 7) is 4.42. The number of nitrogens with two attached hydrogens (primary N) is 1. The van der Waals surface area contributed by atoms with E-state index >= 15 is 0 Å². The SMILES string of the molecule is CCC1CCC(C)N1c1nccc(C(N)=S)n1. The fourth-order valence-corrected chi connectivity index (χ4v) is 2.56. The second-order valence-electron chi connectivity index (χ2n) is 4.50. The van der Waals surface area contributed by atoms with Crippen LogP contribution in [0, 0.1) is 0 Å². The number of rotatable bonds is 3. The van der Waals surface area contributed by atoms with Crippen LogP contribution >= 0.6 is 12.2 Å². The Labute approximate surface area is 107 Å². The van der Waals surface area contributed by atoms with Gasteiger partial charge in [0.2, 0.25) is 5.95 Å². The van der Waals surface area contributed by atoms with Crippen molar-refractivity contribution in [3.8, 4) is 0 Å². The molecule has 1 aromatic heterocycles. The van der Waals surface area contributed by atoms with Gasteiger partial charge in [0.1, 0.15) is 10.7 Å². The van der Waals surface area contributed by atoms with Crippen molar-refractivity contribution >= 4 is 23.2 Å². The van der Waals surface area contributed by atoms with Crippen LogP contribution in [0.1, 0.15) is 38.8 Å². The molecule has 0 aromatic carbocycles. The normalized spacial score (nSPS) is 24.0. The summed E-state index contributed by atoms with van der Waals surface area (Å²) >= 11 is 4.95. The first kappa shape index (κ1) is 12.2. The molecule has 0 spiro atoms. The summed E-state index contributed by atoms with van der Waals surface area (Å²) in [6.07, 6.45) is 5.25. The van der Waals surface area contributed by atoms with Gasteiger partial charge in [-0.3, -0.25) is 0 Å². The predicted octanol–water partition coefficient (Wildman–Crippen LogP) is 1.88. The lowest BCUT2D eigenvalue weighted by Crippen LogP contribution is -2.36. The minimum atomic E-state index is 0.327. The maximum atomic E-state index is 5.61. The van der Waals surface area contributed by atoms with Crippen LogP contribution in [0.4, 0.5) is 5.95 Å².